The van der Waals surface area contributed by atoms with Crippen molar-refractivity contribution in [1.29, 1.82) is 0 Å². The second-order valence-electron chi connectivity index (χ2n) is 15.5. The third-order valence-corrected chi connectivity index (χ3v) is 10.7. The van der Waals surface area contributed by atoms with Crippen LogP contribution in [0.5, 0.6) is 11.5 Å². The van der Waals surface area contributed by atoms with Crippen molar-refractivity contribution in [3.63, 3.8) is 0 Å². The molecule has 1 heteroatoms. The molecule has 2 aromatic carbocycles. The van der Waals surface area contributed by atoms with Crippen LogP contribution in [-0.4, -0.2) is 0 Å². The molecule has 0 saturated heterocycles. The molecule has 0 spiro atoms. The summed E-state index contributed by atoms with van der Waals surface area (Å²) < 4.78 is 6.16. The molecule has 0 bridgehead atoms. The molecule has 1 nitrogen and oxygen atoms in total. The lowest BCUT2D eigenvalue weighted by Gasteiger charge is -2.08. The van der Waals surface area contributed by atoms with Gasteiger partial charge in [0.05, 0.1) is 0 Å². The molecule has 2 aromatic rings. The minimum absolute atomic E-state index is 0.946. The maximum Gasteiger partial charge on any atom is 0.127 e. The molecule has 0 aliphatic carbocycles. The first-order chi connectivity index (χ1) is 24.3. The zero-order chi connectivity index (χ0) is 34.7. The third-order valence-electron chi connectivity index (χ3n) is 10.7. The van der Waals surface area contributed by atoms with Crippen molar-refractivity contribution in [3.05, 3.63) is 59.7 Å². The molecule has 49 heavy (non-hydrogen) atoms. The average Bonchev–Trinajstić information content (AvgIpc) is 3.12. The van der Waals surface area contributed by atoms with Crippen LogP contribution in [0.4, 0.5) is 0 Å². The Balaban J connectivity index is 1.38. The van der Waals surface area contributed by atoms with Crippen molar-refractivity contribution in [2.45, 2.75) is 232 Å². The van der Waals surface area contributed by atoms with Gasteiger partial charge in [0.15, 0.2) is 0 Å². The van der Waals surface area contributed by atoms with Crippen molar-refractivity contribution in [1.82, 2.24) is 0 Å². The van der Waals surface area contributed by atoms with E-state index in [-0.39, 0.29) is 0 Å². The lowest BCUT2D eigenvalue weighted by atomic mass is 10.0. The largest absolute Gasteiger partial charge is 0.457 e. The summed E-state index contributed by atoms with van der Waals surface area (Å²) in [6.07, 6.45) is 48.0. The number of benzene rings is 2. The summed E-state index contributed by atoms with van der Waals surface area (Å²) in [5.74, 6) is 1.89. The number of ether oxygens (including phenoxy) is 1. The highest BCUT2D eigenvalue weighted by atomic mass is 16.5. The van der Waals surface area contributed by atoms with E-state index in [4.69, 9.17) is 4.74 Å². The van der Waals surface area contributed by atoms with E-state index in [1.54, 1.807) is 0 Å². The van der Waals surface area contributed by atoms with Crippen molar-refractivity contribution in [2.75, 3.05) is 0 Å². The van der Waals surface area contributed by atoms with Gasteiger partial charge in [0.25, 0.3) is 0 Å². The first-order valence-corrected chi connectivity index (χ1v) is 22.2. The summed E-state index contributed by atoms with van der Waals surface area (Å²) in [6, 6.07) is 17.6. The third kappa shape index (κ3) is 26.7. The van der Waals surface area contributed by atoms with E-state index in [0.717, 1.165) is 11.5 Å². The minimum Gasteiger partial charge on any atom is -0.457 e. The van der Waals surface area contributed by atoms with Gasteiger partial charge in [0.1, 0.15) is 11.5 Å². The summed E-state index contributed by atoms with van der Waals surface area (Å²) >= 11 is 0. The quantitative estimate of drug-likeness (QED) is 0.0654. The molecule has 2 rings (SSSR count). The molecule has 280 valence electrons. The second kappa shape index (κ2) is 33.4. The topological polar surface area (TPSA) is 9.23 Å². The first-order valence-electron chi connectivity index (χ1n) is 22.2. The monoisotopic (exact) mass is 675 g/mol. The van der Waals surface area contributed by atoms with Gasteiger partial charge in [0.2, 0.25) is 0 Å². The summed E-state index contributed by atoms with van der Waals surface area (Å²) in [5, 5.41) is 0. The second-order valence-corrected chi connectivity index (χ2v) is 15.5. The number of unbranched alkanes of at least 4 members (excludes halogenated alkanes) is 30. The van der Waals surface area contributed by atoms with Crippen LogP contribution in [-0.2, 0) is 12.8 Å². The molecule has 0 saturated carbocycles. The Kier molecular flexibility index (Phi) is 29.6. The summed E-state index contributed by atoms with van der Waals surface area (Å²) in [4.78, 5) is 0. The predicted molar refractivity (Wildman–Crippen MR) is 219 cm³/mol. The molecule has 0 fully saturated rings. The lowest BCUT2D eigenvalue weighted by Crippen LogP contribution is -1.90. The fourth-order valence-corrected chi connectivity index (χ4v) is 7.34. The van der Waals surface area contributed by atoms with Crippen molar-refractivity contribution >= 4 is 0 Å². The molecule has 0 aromatic heterocycles. The lowest BCUT2D eigenvalue weighted by molar-refractivity contribution is 0.482. The van der Waals surface area contributed by atoms with E-state index in [2.05, 4.69) is 62.4 Å². The van der Waals surface area contributed by atoms with E-state index in [9.17, 15) is 0 Å². The Hall–Kier alpha value is -1.76. The van der Waals surface area contributed by atoms with E-state index in [1.807, 2.05) is 0 Å². The normalized spacial score (nSPS) is 11.4. The van der Waals surface area contributed by atoms with E-state index in [1.165, 1.54) is 229 Å². The van der Waals surface area contributed by atoms with Gasteiger partial charge >= 0.3 is 0 Å². The molecule has 0 aliphatic heterocycles. The van der Waals surface area contributed by atoms with Gasteiger partial charge in [-0.3, -0.25) is 0 Å². The van der Waals surface area contributed by atoms with Crippen LogP contribution in [0.1, 0.15) is 230 Å². The molecule has 0 unspecified atom stereocenters. The van der Waals surface area contributed by atoms with Crippen LogP contribution in [0.3, 0.4) is 0 Å². The van der Waals surface area contributed by atoms with Crippen LogP contribution in [0, 0.1) is 0 Å². The average molecular weight is 675 g/mol. The minimum atomic E-state index is 0.946. The Bertz CT molecular complexity index is 851. The van der Waals surface area contributed by atoms with E-state index < -0.39 is 0 Å². The molecule has 0 atom stereocenters. The molecule has 0 aliphatic rings. The van der Waals surface area contributed by atoms with Gasteiger partial charge in [-0.1, -0.05) is 231 Å². The molecule has 0 N–H and O–H groups in total. The summed E-state index contributed by atoms with van der Waals surface area (Å²) in [7, 11) is 0. The molecule has 0 amide bonds. The predicted octanol–water partition coefficient (Wildman–Crippen LogP) is 17.1. The highest BCUT2D eigenvalue weighted by Crippen LogP contribution is 2.24. The van der Waals surface area contributed by atoms with Crippen LogP contribution >= 0.6 is 0 Å². The van der Waals surface area contributed by atoms with Crippen LogP contribution in [0.2, 0.25) is 0 Å². The number of rotatable bonds is 36. The van der Waals surface area contributed by atoms with Gasteiger partial charge in [-0.2, -0.15) is 0 Å². The number of aryl methyl sites for hydroxylation is 2. The highest BCUT2D eigenvalue weighted by Gasteiger charge is 2.02. The summed E-state index contributed by atoms with van der Waals surface area (Å²) in [6.45, 7) is 4.60. The van der Waals surface area contributed by atoms with Gasteiger partial charge in [0, 0.05) is 0 Å². The van der Waals surface area contributed by atoms with E-state index in [0.29, 0.717) is 0 Å². The first kappa shape index (κ1) is 43.4. The molecule has 0 heterocycles. The molecular weight excluding hydrogens is 593 g/mol. The maximum atomic E-state index is 6.16. The SMILES string of the molecule is CCCCCCCCCCCCCCCCCCc1ccc(Oc2ccc(CCCCCCCCCCCCCCCCCC)cc2)cc1. The smallest absolute Gasteiger partial charge is 0.127 e. The van der Waals surface area contributed by atoms with Crippen LogP contribution in [0.15, 0.2) is 48.5 Å². The molecule has 0 radical (unpaired) electrons. The number of hydrogen-bond donors (Lipinski definition) is 0. The Morgan fingerprint density at radius 2 is 0.469 bits per heavy atom. The zero-order valence-corrected chi connectivity index (χ0v) is 33.1. The summed E-state index contributed by atoms with van der Waals surface area (Å²) in [5.41, 5.74) is 2.87. The van der Waals surface area contributed by atoms with Crippen molar-refractivity contribution in [2.24, 2.45) is 0 Å². The van der Waals surface area contributed by atoms with Gasteiger partial charge in [-0.05, 0) is 61.1 Å². The van der Waals surface area contributed by atoms with Crippen LogP contribution in [0.25, 0.3) is 0 Å². The van der Waals surface area contributed by atoms with Crippen LogP contribution < -0.4 is 4.74 Å². The van der Waals surface area contributed by atoms with E-state index >= 15 is 0 Å². The van der Waals surface area contributed by atoms with Crippen molar-refractivity contribution in [3.8, 4) is 11.5 Å². The highest BCUT2D eigenvalue weighted by molar-refractivity contribution is 5.34. The van der Waals surface area contributed by atoms with Gasteiger partial charge in [-0.25, -0.2) is 0 Å². The Morgan fingerprint density at radius 1 is 0.265 bits per heavy atom. The Morgan fingerprint density at radius 3 is 0.694 bits per heavy atom. The standard InChI is InChI=1S/C48H82O/c1-3-5-7-9-11-13-15-17-19-21-23-25-27-29-31-33-35-45-37-41-47(42-38-45)49-48-43-39-46(40-44-48)36-34-32-30-28-26-24-22-20-18-16-14-12-10-8-6-4-2/h37-44H,3-36H2,1-2H3. The number of hydrogen-bond acceptors (Lipinski definition) is 1. The van der Waals surface area contributed by atoms with Crippen molar-refractivity contribution < 1.29 is 4.74 Å². The maximum absolute atomic E-state index is 6.16. The van der Waals surface area contributed by atoms with Gasteiger partial charge in [-0.15, -0.1) is 0 Å². The zero-order valence-electron chi connectivity index (χ0n) is 33.1. The molecular formula is C48H82O. The Labute approximate surface area is 307 Å². The fourth-order valence-electron chi connectivity index (χ4n) is 7.34. The fraction of sp³-hybridized carbons (Fsp3) is 0.750. The van der Waals surface area contributed by atoms with Gasteiger partial charge < -0.3 is 4.74 Å².